The Morgan fingerprint density at radius 2 is 1.90 bits per heavy atom. The van der Waals surface area contributed by atoms with E-state index in [2.05, 4.69) is 10.3 Å². The summed E-state index contributed by atoms with van der Waals surface area (Å²) in [7, 11) is 0. The number of amides is 1. The summed E-state index contributed by atoms with van der Waals surface area (Å²) in [6, 6.07) is -1.25. The zero-order valence-corrected chi connectivity index (χ0v) is 16.5. The summed E-state index contributed by atoms with van der Waals surface area (Å²) in [5, 5.41) is 14.2. The monoisotopic (exact) mass is 324 g/mol. The Labute approximate surface area is 164 Å². The molecule has 1 atom stereocenters. The fourth-order valence-corrected chi connectivity index (χ4v) is 2.44. The number of rotatable bonds is 3. The predicted octanol–water partition coefficient (Wildman–Crippen LogP) is -1.92. The van der Waals surface area contributed by atoms with Crippen molar-refractivity contribution in [3.8, 4) is 0 Å². The average molecular weight is 324 g/mol. The van der Waals surface area contributed by atoms with Crippen molar-refractivity contribution in [2.24, 2.45) is 0 Å². The van der Waals surface area contributed by atoms with Crippen LogP contribution >= 0.6 is 11.3 Å². The van der Waals surface area contributed by atoms with Gasteiger partial charge in [0.1, 0.15) is 11.6 Å². The molecule has 0 bridgehead atoms. The van der Waals surface area contributed by atoms with Crippen LogP contribution in [0, 0.1) is 13.8 Å². The maximum Gasteiger partial charge on any atom is 1.00 e. The van der Waals surface area contributed by atoms with Crippen LogP contribution in [0.4, 0.5) is 4.79 Å². The third kappa shape index (κ3) is 6.19. The smallest absolute Gasteiger partial charge is 0.547 e. The number of carbonyl (C=O) groups excluding carboxylic acids is 2. The van der Waals surface area contributed by atoms with E-state index >= 15 is 0 Å². The van der Waals surface area contributed by atoms with Crippen LogP contribution in [0.1, 0.15) is 42.4 Å². The van der Waals surface area contributed by atoms with Gasteiger partial charge in [0.25, 0.3) is 0 Å². The number of aryl methyl sites for hydroxylation is 2. The van der Waals surface area contributed by atoms with Crippen molar-refractivity contribution in [1.29, 1.82) is 0 Å². The maximum absolute atomic E-state index is 11.6. The molecule has 1 N–H and O–H groups in total. The number of nitrogens with one attached hydrogen (secondary N) is 1. The van der Waals surface area contributed by atoms with Crippen molar-refractivity contribution >= 4 is 23.4 Å². The molecule has 6 nitrogen and oxygen atoms in total. The normalized spacial score (nSPS) is 12.2. The van der Waals surface area contributed by atoms with Crippen molar-refractivity contribution in [2.45, 2.75) is 46.3 Å². The molecule has 0 aromatic carbocycles. The predicted molar refractivity (Wildman–Crippen MR) is 68.7 cm³/mol. The SMILES string of the molecule is Cc1nc(C)c(C(NC(=O)OC(C)(C)C)C(=O)[O-])s1.[K+]. The van der Waals surface area contributed by atoms with Crippen LogP contribution in [0.15, 0.2) is 0 Å². The number of aliphatic carboxylic acids is 1. The van der Waals surface area contributed by atoms with Gasteiger partial charge in [-0.1, -0.05) is 0 Å². The number of carboxylic acids is 1. The summed E-state index contributed by atoms with van der Waals surface area (Å²) >= 11 is 1.21. The van der Waals surface area contributed by atoms with Crippen LogP contribution in [-0.2, 0) is 9.53 Å². The average Bonchev–Trinajstić information content (AvgIpc) is 2.51. The molecule has 0 saturated carbocycles. The first kappa shape index (κ1) is 20.0. The minimum absolute atomic E-state index is 0. The van der Waals surface area contributed by atoms with Crippen LogP contribution in [0.5, 0.6) is 0 Å². The number of hydrogen-bond donors (Lipinski definition) is 1. The number of carboxylic acid groups (broad SMARTS) is 1. The Hall–Kier alpha value is 0.00636. The number of alkyl carbamates (subject to hydrolysis) is 1. The van der Waals surface area contributed by atoms with Gasteiger partial charge in [-0.3, -0.25) is 0 Å². The summed E-state index contributed by atoms with van der Waals surface area (Å²) in [6.07, 6.45) is -0.799. The minimum Gasteiger partial charge on any atom is -0.547 e. The Morgan fingerprint density at radius 3 is 2.25 bits per heavy atom. The third-order valence-corrected chi connectivity index (χ3v) is 3.24. The molecule has 1 amide bonds. The molecule has 1 aromatic rings. The molecule has 1 heterocycles. The van der Waals surface area contributed by atoms with E-state index in [0.29, 0.717) is 10.6 Å². The summed E-state index contributed by atoms with van der Waals surface area (Å²) < 4.78 is 5.03. The zero-order chi connectivity index (χ0) is 14.8. The second kappa shape index (κ2) is 7.86. The number of thiazole rings is 1. The van der Waals surface area contributed by atoms with Gasteiger partial charge in [0.05, 0.1) is 21.5 Å². The molecular formula is C12H17KN2O4S. The van der Waals surface area contributed by atoms with Crippen LogP contribution < -0.4 is 61.8 Å². The Bertz CT molecular complexity index is 496. The second-order valence-corrected chi connectivity index (χ2v) is 6.32. The quantitative estimate of drug-likeness (QED) is 0.655. The molecule has 0 fully saturated rings. The molecule has 1 aromatic heterocycles. The fourth-order valence-electron chi connectivity index (χ4n) is 1.47. The molecule has 1 rings (SSSR count). The van der Waals surface area contributed by atoms with Crippen LogP contribution in [0.2, 0.25) is 0 Å². The van der Waals surface area contributed by atoms with E-state index in [9.17, 15) is 14.7 Å². The minimum atomic E-state index is -1.39. The number of aromatic nitrogens is 1. The van der Waals surface area contributed by atoms with Crippen molar-refractivity contribution in [2.75, 3.05) is 0 Å². The third-order valence-electron chi connectivity index (χ3n) is 2.10. The van der Waals surface area contributed by atoms with E-state index in [1.807, 2.05) is 0 Å². The molecule has 0 aliphatic rings. The van der Waals surface area contributed by atoms with E-state index < -0.39 is 23.7 Å². The van der Waals surface area contributed by atoms with Crippen molar-refractivity contribution < 1.29 is 70.8 Å². The van der Waals surface area contributed by atoms with Gasteiger partial charge in [-0.2, -0.15) is 0 Å². The summed E-state index contributed by atoms with van der Waals surface area (Å²) in [5.41, 5.74) is -0.132. The molecule has 20 heavy (non-hydrogen) atoms. The molecule has 0 spiro atoms. The molecule has 8 heteroatoms. The first-order valence-electron chi connectivity index (χ1n) is 5.74. The van der Waals surface area contributed by atoms with Gasteiger partial charge in [-0.15, -0.1) is 11.3 Å². The standard InChI is InChI=1S/C12H18N2O4S.K/c1-6-9(19-7(2)13-6)8(10(15)16)14-11(17)18-12(3,4)5;/h8H,1-5H3,(H,14,17)(H,15,16);/q;+1/p-1. The van der Waals surface area contributed by atoms with Crippen LogP contribution in [-0.4, -0.2) is 22.6 Å². The number of nitrogens with zero attached hydrogens (tertiary/aromatic N) is 1. The first-order chi connectivity index (χ1) is 8.60. The molecule has 106 valence electrons. The zero-order valence-electron chi connectivity index (χ0n) is 12.6. The van der Waals surface area contributed by atoms with Gasteiger partial charge in [0.15, 0.2) is 0 Å². The van der Waals surface area contributed by atoms with E-state index in [-0.39, 0.29) is 51.4 Å². The molecule has 0 saturated heterocycles. The molecule has 1 unspecified atom stereocenters. The summed E-state index contributed by atoms with van der Waals surface area (Å²) in [5.74, 6) is -1.39. The van der Waals surface area contributed by atoms with E-state index in [1.54, 1.807) is 34.6 Å². The number of hydrogen-bond acceptors (Lipinski definition) is 6. The van der Waals surface area contributed by atoms with E-state index in [4.69, 9.17) is 4.74 Å². The van der Waals surface area contributed by atoms with Crippen molar-refractivity contribution in [3.63, 3.8) is 0 Å². The van der Waals surface area contributed by atoms with Gasteiger partial charge < -0.3 is 20.0 Å². The summed E-state index contributed by atoms with van der Waals surface area (Å²) in [6.45, 7) is 8.54. The molecule has 0 aliphatic carbocycles. The maximum atomic E-state index is 11.6. The Morgan fingerprint density at radius 1 is 1.35 bits per heavy atom. The number of ether oxygens (including phenoxy) is 1. The van der Waals surface area contributed by atoms with Crippen LogP contribution in [0.3, 0.4) is 0 Å². The fraction of sp³-hybridized carbons (Fsp3) is 0.583. The van der Waals surface area contributed by atoms with Crippen molar-refractivity contribution in [3.05, 3.63) is 15.6 Å². The van der Waals surface area contributed by atoms with Gasteiger partial charge in [0, 0.05) is 0 Å². The Kier molecular flexibility index (Phi) is 7.86. The second-order valence-electron chi connectivity index (χ2n) is 5.08. The largest absolute Gasteiger partial charge is 1.00 e. The molecule has 0 radical (unpaired) electrons. The molecular weight excluding hydrogens is 307 g/mol. The number of carbonyl (C=O) groups is 2. The molecule has 0 aliphatic heterocycles. The van der Waals surface area contributed by atoms with Gasteiger partial charge in [-0.25, -0.2) is 9.78 Å². The Balaban J connectivity index is 0.00000361. The summed E-state index contributed by atoms with van der Waals surface area (Å²) in [4.78, 5) is 27.4. The van der Waals surface area contributed by atoms with Gasteiger partial charge in [0.2, 0.25) is 0 Å². The van der Waals surface area contributed by atoms with E-state index in [0.717, 1.165) is 5.01 Å². The van der Waals surface area contributed by atoms with Crippen molar-refractivity contribution in [1.82, 2.24) is 10.3 Å². The van der Waals surface area contributed by atoms with Gasteiger partial charge in [-0.05, 0) is 34.6 Å². The van der Waals surface area contributed by atoms with E-state index in [1.165, 1.54) is 11.3 Å². The van der Waals surface area contributed by atoms with Crippen LogP contribution in [0.25, 0.3) is 0 Å². The first-order valence-corrected chi connectivity index (χ1v) is 6.56. The van der Waals surface area contributed by atoms with Gasteiger partial charge >= 0.3 is 57.5 Å². The topological polar surface area (TPSA) is 91.3 Å².